The summed E-state index contributed by atoms with van der Waals surface area (Å²) in [6, 6.07) is 16.2. The van der Waals surface area contributed by atoms with Gasteiger partial charge in [-0.2, -0.15) is 0 Å². The molecule has 0 unspecified atom stereocenters. The standard InChI is InChI=1S/C18H14N3O.Ir/c1-20-11-10-19-18(20)21-12-13-22-17-9-5-3-7-15(17)14-6-2-4-8-16(14)21;/h2-11,13H,1H3;/q-1;. The minimum absolute atomic E-state index is 0. The molecule has 2 aromatic carbocycles. The van der Waals surface area contributed by atoms with Crippen molar-refractivity contribution in [2.75, 3.05) is 0 Å². The summed E-state index contributed by atoms with van der Waals surface area (Å²) in [5.74, 6) is 0.784. The first-order valence-electron chi connectivity index (χ1n) is 7.05. The molecule has 0 saturated heterocycles. The molecular formula is C18H14IrN3O-. The maximum atomic E-state index is 5.74. The molecule has 0 saturated carbocycles. The molecule has 0 aliphatic rings. The van der Waals surface area contributed by atoms with Crippen LogP contribution in [0.15, 0.2) is 71.6 Å². The minimum Gasteiger partial charge on any atom is -0.476 e. The van der Waals surface area contributed by atoms with E-state index in [1.165, 1.54) is 0 Å². The van der Waals surface area contributed by atoms with E-state index in [9.17, 15) is 0 Å². The van der Waals surface area contributed by atoms with Crippen LogP contribution in [0.2, 0.25) is 0 Å². The molecule has 117 valence electrons. The zero-order valence-electron chi connectivity index (χ0n) is 12.4. The fourth-order valence-electron chi connectivity index (χ4n) is 2.64. The van der Waals surface area contributed by atoms with E-state index in [0.29, 0.717) is 0 Å². The zero-order valence-corrected chi connectivity index (χ0v) is 14.8. The second-order valence-electron chi connectivity index (χ2n) is 5.05. The Morgan fingerprint density at radius 2 is 1.74 bits per heavy atom. The summed E-state index contributed by atoms with van der Waals surface area (Å²) < 4.78 is 9.60. The molecule has 0 N–H and O–H groups in total. The van der Waals surface area contributed by atoms with Gasteiger partial charge in [-0.3, -0.25) is 4.98 Å². The van der Waals surface area contributed by atoms with Crippen molar-refractivity contribution in [3.63, 3.8) is 0 Å². The van der Waals surface area contributed by atoms with E-state index in [1.807, 2.05) is 52.7 Å². The normalized spacial score (nSPS) is 10.5. The molecule has 0 aliphatic heterocycles. The molecular weight excluding hydrogens is 466 g/mol. The summed E-state index contributed by atoms with van der Waals surface area (Å²) in [4.78, 5) is 4.42. The molecule has 23 heavy (non-hydrogen) atoms. The summed E-state index contributed by atoms with van der Waals surface area (Å²) in [6.07, 6.45) is 8.42. The number of hydrogen-bond donors (Lipinski definition) is 0. The molecule has 0 aliphatic carbocycles. The number of aryl methyl sites for hydroxylation is 1. The Hall–Kier alpha value is -2.36. The quantitative estimate of drug-likeness (QED) is 0.386. The Labute approximate surface area is 147 Å². The summed E-state index contributed by atoms with van der Waals surface area (Å²) in [6.45, 7) is 0. The van der Waals surface area contributed by atoms with E-state index >= 15 is 0 Å². The van der Waals surface area contributed by atoms with Crippen LogP contribution in [0.3, 0.4) is 0 Å². The van der Waals surface area contributed by atoms with Gasteiger partial charge in [0.2, 0.25) is 0 Å². The molecule has 0 bridgehead atoms. The first kappa shape index (κ1) is 15.5. The number of imidazole rings is 1. The molecule has 4 aromatic rings. The fraction of sp³-hybridized carbons (Fsp3) is 0.0556. The van der Waals surface area contributed by atoms with Crippen molar-refractivity contribution < 1.29 is 24.5 Å². The van der Waals surface area contributed by atoms with Crippen LogP contribution in [-0.2, 0) is 27.2 Å². The molecule has 5 heteroatoms. The largest absolute Gasteiger partial charge is 0.476 e. The van der Waals surface area contributed by atoms with Crippen molar-refractivity contribution in [1.82, 2.24) is 14.1 Å². The Morgan fingerprint density at radius 1 is 1.00 bits per heavy atom. The molecule has 0 atom stereocenters. The number of benzene rings is 2. The Bertz CT molecular complexity index is 1010. The fourth-order valence-corrected chi connectivity index (χ4v) is 2.64. The average molecular weight is 481 g/mol. The first-order chi connectivity index (χ1) is 10.8. The third kappa shape index (κ3) is 2.69. The predicted octanol–water partition coefficient (Wildman–Crippen LogP) is 4.03. The minimum atomic E-state index is 0. The van der Waals surface area contributed by atoms with Gasteiger partial charge < -0.3 is 13.6 Å². The average Bonchev–Trinajstić information content (AvgIpc) is 2.96. The van der Waals surface area contributed by atoms with E-state index < -0.39 is 0 Å². The SMILES string of the molecule is Cn1ccnc1-n1[c-]coc2ccccc2c2ccccc21.[Ir]. The van der Waals surface area contributed by atoms with Crippen molar-refractivity contribution in [2.45, 2.75) is 0 Å². The van der Waals surface area contributed by atoms with Gasteiger partial charge in [0.15, 0.2) is 0 Å². The number of rotatable bonds is 1. The molecule has 0 fully saturated rings. The van der Waals surface area contributed by atoms with Gasteiger partial charge in [0.05, 0.1) is 0 Å². The second-order valence-corrected chi connectivity index (χ2v) is 5.05. The first-order valence-corrected chi connectivity index (χ1v) is 7.05. The Kier molecular flexibility index (Phi) is 4.33. The zero-order chi connectivity index (χ0) is 14.9. The number of hydrogen-bond acceptors (Lipinski definition) is 2. The molecule has 2 heterocycles. The van der Waals surface area contributed by atoms with Crippen molar-refractivity contribution in [3.8, 4) is 5.95 Å². The summed E-state index contributed by atoms with van der Waals surface area (Å²) in [5.41, 5.74) is 1.84. The number of aromatic nitrogens is 3. The molecule has 4 rings (SSSR count). The Balaban J connectivity index is 0.00000156. The van der Waals surface area contributed by atoms with Crippen LogP contribution in [-0.4, -0.2) is 14.1 Å². The van der Waals surface area contributed by atoms with Crippen LogP contribution in [0, 0.1) is 6.20 Å². The maximum Gasteiger partial charge on any atom is 0.131 e. The van der Waals surface area contributed by atoms with E-state index in [-0.39, 0.29) is 20.1 Å². The van der Waals surface area contributed by atoms with Gasteiger partial charge in [-0.05, 0) is 11.5 Å². The monoisotopic (exact) mass is 481 g/mol. The van der Waals surface area contributed by atoms with E-state index in [1.54, 1.807) is 12.5 Å². The third-order valence-corrected chi connectivity index (χ3v) is 3.69. The van der Waals surface area contributed by atoms with Crippen LogP contribution in [0.4, 0.5) is 0 Å². The predicted molar refractivity (Wildman–Crippen MR) is 86.3 cm³/mol. The van der Waals surface area contributed by atoms with Gasteiger partial charge in [-0.15, -0.1) is 0 Å². The van der Waals surface area contributed by atoms with E-state index in [4.69, 9.17) is 4.42 Å². The third-order valence-electron chi connectivity index (χ3n) is 3.69. The maximum absolute atomic E-state index is 5.74. The van der Waals surface area contributed by atoms with Crippen molar-refractivity contribution in [3.05, 3.63) is 73.4 Å². The van der Waals surface area contributed by atoms with Crippen LogP contribution >= 0.6 is 0 Å². The summed E-state index contributed by atoms with van der Waals surface area (Å²) in [5, 5.41) is 2.14. The Morgan fingerprint density at radius 3 is 2.52 bits per heavy atom. The molecule has 0 spiro atoms. The van der Waals surface area contributed by atoms with Crippen LogP contribution < -0.4 is 0 Å². The van der Waals surface area contributed by atoms with Crippen LogP contribution in [0.1, 0.15) is 0 Å². The van der Waals surface area contributed by atoms with Gasteiger partial charge in [-0.25, -0.2) is 0 Å². The van der Waals surface area contributed by atoms with Crippen LogP contribution in [0.5, 0.6) is 0 Å². The smallest absolute Gasteiger partial charge is 0.131 e. The van der Waals surface area contributed by atoms with Gasteiger partial charge in [0.1, 0.15) is 11.5 Å². The number of para-hydroxylation sites is 2. The van der Waals surface area contributed by atoms with Crippen LogP contribution in [0.25, 0.3) is 27.8 Å². The van der Waals surface area contributed by atoms with Gasteiger partial charge in [-0.1, -0.05) is 54.2 Å². The summed E-state index contributed by atoms with van der Waals surface area (Å²) in [7, 11) is 1.96. The number of nitrogens with zero attached hydrogens (tertiary/aromatic N) is 3. The molecule has 2 aromatic heterocycles. The van der Waals surface area contributed by atoms with E-state index in [0.717, 1.165) is 27.8 Å². The van der Waals surface area contributed by atoms with Crippen molar-refractivity contribution in [2.24, 2.45) is 7.05 Å². The van der Waals surface area contributed by atoms with Crippen molar-refractivity contribution >= 4 is 21.9 Å². The van der Waals surface area contributed by atoms with Gasteiger partial charge in [0.25, 0.3) is 0 Å². The van der Waals surface area contributed by atoms with Gasteiger partial charge in [0, 0.05) is 51.2 Å². The second kappa shape index (κ2) is 6.40. The molecule has 4 nitrogen and oxygen atoms in total. The van der Waals surface area contributed by atoms with E-state index in [2.05, 4.69) is 29.4 Å². The number of fused-ring (bicyclic) bond motifs is 3. The van der Waals surface area contributed by atoms with Gasteiger partial charge >= 0.3 is 0 Å². The van der Waals surface area contributed by atoms with Crippen molar-refractivity contribution in [1.29, 1.82) is 0 Å². The molecule has 1 radical (unpaired) electrons. The topological polar surface area (TPSA) is 35.9 Å². The molecule has 0 amide bonds. The summed E-state index contributed by atoms with van der Waals surface area (Å²) >= 11 is 0.